The molecule has 0 N–H and O–H groups in total. The van der Waals surface area contributed by atoms with Gasteiger partial charge >= 0.3 is 0 Å². The van der Waals surface area contributed by atoms with Crippen LogP contribution in [0.15, 0.2) is 42.5 Å². The second-order valence-electron chi connectivity index (χ2n) is 4.59. The second kappa shape index (κ2) is 5.01. The summed E-state index contributed by atoms with van der Waals surface area (Å²) in [4.78, 5) is 0. The molecular weight excluding hydrogens is 204 g/mol. The Labute approximate surface area is 104 Å². The van der Waals surface area contributed by atoms with Gasteiger partial charge in [0.25, 0.3) is 0 Å². The molecule has 0 aromatic heterocycles. The summed E-state index contributed by atoms with van der Waals surface area (Å²) in [5, 5.41) is 0. The Bertz CT molecular complexity index is 530. The Kier molecular flexibility index (Phi) is 3.43. The van der Waals surface area contributed by atoms with Crippen molar-refractivity contribution in [2.75, 3.05) is 0 Å². The van der Waals surface area contributed by atoms with E-state index in [1.165, 1.54) is 27.8 Å². The lowest BCUT2D eigenvalue weighted by molar-refractivity contribution is 1.33. The van der Waals surface area contributed by atoms with Gasteiger partial charge in [0.1, 0.15) is 0 Å². The lowest BCUT2D eigenvalue weighted by Crippen LogP contribution is -1.81. The van der Waals surface area contributed by atoms with Gasteiger partial charge < -0.3 is 0 Å². The van der Waals surface area contributed by atoms with Crippen LogP contribution in [0.4, 0.5) is 0 Å². The van der Waals surface area contributed by atoms with Crippen LogP contribution in [0.25, 0.3) is 12.2 Å². The molecule has 0 fully saturated rings. The normalized spacial score (nSPS) is 11.0. The first-order valence-electron chi connectivity index (χ1n) is 5.97. The summed E-state index contributed by atoms with van der Waals surface area (Å²) in [6.07, 6.45) is 4.32. The van der Waals surface area contributed by atoms with E-state index in [1.807, 2.05) is 0 Å². The molecule has 0 saturated carbocycles. The number of rotatable bonds is 2. The van der Waals surface area contributed by atoms with Crippen LogP contribution in [0, 0.1) is 20.8 Å². The quantitative estimate of drug-likeness (QED) is 0.641. The third-order valence-electron chi connectivity index (χ3n) is 3.08. The first-order valence-corrected chi connectivity index (χ1v) is 5.97. The van der Waals surface area contributed by atoms with Gasteiger partial charge in [-0.05, 0) is 43.0 Å². The fraction of sp³-hybridized carbons (Fsp3) is 0.176. The maximum absolute atomic E-state index is 2.22. The first kappa shape index (κ1) is 11.7. The summed E-state index contributed by atoms with van der Waals surface area (Å²) < 4.78 is 0. The zero-order valence-electron chi connectivity index (χ0n) is 10.7. The van der Waals surface area contributed by atoms with E-state index in [-0.39, 0.29) is 0 Å². The van der Waals surface area contributed by atoms with E-state index in [0.717, 1.165) is 0 Å². The van der Waals surface area contributed by atoms with E-state index in [9.17, 15) is 0 Å². The molecule has 0 amide bonds. The van der Waals surface area contributed by atoms with Crippen molar-refractivity contribution in [1.82, 2.24) is 0 Å². The van der Waals surface area contributed by atoms with Gasteiger partial charge in [0.2, 0.25) is 0 Å². The highest BCUT2D eigenvalue weighted by Crippen LogP contribution is 2.13. The van der Waals surface area contributed by atoms with Gasteiger partial charge in [0.05, 0.1) is 0 Å². The summed E-state index contributed by atoms with van der Waals surface area (Å²) in [7, 11) is 0. The third kappa shape index (κ3) is 3.07. The molecule has 0 unspecified atom stereocenters. The van der Waals surface area contributed by atoms with Gasteiger partial charge in [-0.2, -0.15) is 0 Å². The van der Waals surface area contributed by atoms with Crippen molar-refractivity contribution in [2.45, 2.75) is 20.8 Å². The van der Waals surface area contributed by atoms with E-state index >= 15 is 0 Å². The standard InChI is InChI=1S/C17H18/c1-13-4-7-16(8-5-13)10-11-17-9-6-14(2)15(3)12-17/h4-12H,1-3H3/b11-10+. The molecule has 0 atom stereocenters. The lowest BCUT2D eigenvalue weighted by Gasteiger charge is -2.01. The van der Waals surface area contributed by atoms with E-state index < -0.39 is 0 Å². The highest BCUT2D eigenvalue weighted by atomic mass is 14.0. The molecule has 0 heterocycles. The fourth-order valence-corrected chi connectivity index (χ4v) is 1.74. The summed E-state index contributed by atoms with van der Waals surface area (Å²) in [6, 6.07) is 15.1. The molecule has 2 aromatic carbocycles. The lowest BCUT2D eigenvalue weighted by atomic mass is 10.1. The van der Waals surface area contributed by atoms with Gasteiger partial charge in [-0.15, -0.1) is 0 Å². The van der Waals surface area contributed by atoms with Gasteiger partial charge in [0.15, 0.2) is 0 Å². The average Bonchev–Trinajstić information content (AvgIpc) is 2.33. The Morgan fingerprint density at radius 1 is 0.647 bits per heavy atom. The van der Waals surface area contributed by atoms with E-state index in [2.05, 4.69) is 75.4 Å². The van der Waals surface area contributed by atoms with Crippen LogP contribution < -0.4 is 0 Å². The highest BCUT2D eigenvalue weighted by Gasteiger charge is 1.93. The summed E-state index contributed by atoms with van der Waals surface area (Å²) >= 11 is 0. The molecule has 0 radical (unpaired) electrons. The van der Waals surface area contributed by atoms with Crippen molar-refractivity contribution in [3.8, 4) is 0 Å². The summed E-state index contributed by atoms with van der Waals surface area (Å²) in [6.45, 7) is 6.40. The fourth-order valence-electron chi connectivity index (χ4n) is 1.74. The zero-order valence-corrected chi connectivity index (χ0v) is 10.7. The molecule has 2 aromatic rings. The molecule has 0 aliphatic rings. The Morgan fingerprint density at radius 2 is 1.24 bits per heavy atom. The van der Waals surface area contributed by atoms with Gasteiger partial charge in [0, 0.05) is 0 Å². The van der Waals surface area contributed by atoms with Crippen molar-refractivity contribution < 1.29 is 0 Å². The maximum Gasteiger partial charge on any atom is -0.0254 e. The van der Waals surface area contributed by atoms with Gasteiger partial charge in [-0.25, -0.2) is 0 Å². The van der Waals surface area contributed by atoms with Gasteiger partial charge in [-0.1, -0.05) is 60.2 Å². The van der Waals surface area contributed by atoms with Crippen molar-refractivity contribution in [3.05, 3.63) is 70.3 Å². The van der Waals surface area contributed by atoms with Crippen LogP contribution in [-0.2, 0) is 0 Å². The molecule has 0 aliphatic heterocycles. The molecule has 86 valence electrons. The van der Waals surface area contributed by atoms with Crippen LogP contribution in [0.1, 0.15) is 27.8 Å². The van der Waals surface area contributed by atoms with E-state index in [4.69, 9.17) is 0 Å². The molecule has 0 heteroatoms. The summed E-state index contributed by atoms with van der Waals surface area (Å²) in [5.41, 5.74) is 6.49. The molecular formula is C17H18. The Hall–Kier alpha value is -1.82. The van der Waals surface area contributed by atoms with Crippen molar-refractivity contribution in [2.24, 2.45) is 0 Å². The minimum Gasteiger partial charge on any atom is -0.0587 e. The highest BCUT2D eigenvalue weighted by molar-refractivity contribution is 5.70. The van der Waals surface area contributed by atoms with Crippen LogP contribution in [0.2, 0.25) is 0 Å². The van der Waals surface area contributed by atoms with Crippen LogP contribution in [0.3, 0.4) is 0 Å². The monoisotopic (exact) mass is 222 g/mol. The predicted octanol–water partition coefficient (Wildman–Crippen LogP) is 4.78. The van der Waals surface area contributed by atoms with Crippen LogP contribution in [-0.4, -0.2) is 0 Å². The van der Waals surface area contributed by atoms with E-state index in [0.29, 0.717) is 0 Å². The molecule has 2 rings (SSSR count). The molecule has 0 spiro atoms. The number of aryl methyl sites for hydroxylation is 3. The predicted molar refractivity (Wildman–Crippen MR) is 76.0 cm³/mol. The Balaban J connectivity index is 2.20. The van der Waals surface area contributed by atoms with Crippen molar-refractivity contribution in [1.29, 1.82) is 0 Å². The first-order chi connectivity index (χ1) is 8.15. The Morgan fingerprint density at radius 3 is 1.88 bits per heavy atom. The number of hydrogen-bond acceptors (Lipinski definition) is 0. The largest absolute Gasteiger partial charge is 0.0587 e. The van der Waals surface area contributed by atoms with E-state index in [1.54, 1.807) is 0 Å². The molecule has 0 aliphatic carbocycles. The zero-order chi connectivity index (χ0) is 12.3. The van der Waals surface area contributed by atoms with Gasteiger partial charge in [-0.3, -0.25) is 0 Å². The molecule has 0 bridgehead atoms. The summed E-state index contributed by atoms with van der Waals surface area (Å²) in [5.74, 6) is 0. The number of hydrogen-bond donors (Lipinski definition) is 0. The van der Waals surface area contributed by atoms with Crippen molar-refractivity contribution >= 4 is 12.2 Å². The third-order valence-corrected chi connectivity index (χ3v) is 3.08. The maximum atomic E-state index is 2.22. The average molecular weight is 222 g/mol. The minimum absolute atomic E-state index is 1.24. The smallest absolute Gasteiger partial charge is 0.0254 e. The number of benzene rings is 2. The SMILES string of the molecule is Cc1ccc(/C=C/c2ccc(C)c(C)c2)cc1. The topological polar surface area (TPSA) is 0 Å². The molecule has 0 saturated heterocycles. The van der Waals surface area contributed by atoms with Crippen LogP contribution >= 0.6 is 0 Å². The van der Waals surface area contributed by atoms with Crippen LogP contribution in [0.5, 0.6) is 0 Å². The van der Waals surface area contributed by atoms with Crippen molar-refractivity contribution in [3.63, 3.8) is 0 Å². The minimum atomic E-state index is 1.24. The molecule has 17 heavy (non-hydrogen) atoms. The molecule has 0 nitrogen and oxygen atoms in total. The second-order valence-corrected chi connectivity index (χ2v) is 4.59.